The number of aliphatic hydroxyl groups is 19. The molecule has 0 aromatic carbocycles. The van der Waals surface area contributed by atoms with Gasteiger partial charge >= 0.3 is 11.9 Å². The van der Waals surface area contributed by atoms with Gasteiger partial charge in [-0.2, -0.15) is 0 Å². The highest BCUT2D eigenvalue weighted by Gasteiger charge is 2.73. The van der Waals surface area contributed by atoms with Crippen LogP contribution >= 0.6 is 0 Å². The largest absolute Gasteiger partial charge is 0.479 e. The summed E-state index contributed by atoms with van der Waals surface area (Å²) in [6.07, 6.45) is -58.5. The van der Waals surface area contributed by atoms with Crippen LogP contribution in [0.2, 0.25) is 0 Å². The van der Waals surface area contributed by atoms with Crippen LogP contribution in [0, 0.1) is 50.2 Å². The predicted molar refractivity (Wildman–Crippen MR) is 348 cm³/mol. The molecule has 0 spiro atoms. The summed E-state index contributed by atoms with van der Waals surface area (Å²) in [7, 11) is 0. The molecule has 0 radical (unpaired) electrons. The molecule has 5 aliphatic carbocycles. The van der Waals surface area contributed by atoms with Crippen LogP contribution in [0.1, 0.15) is 113 Å². The van der Waals surface area contributed by atoms with Gasteiger partial charge in [0.05, 0.1) is 56.3 Å². The maximum absolute atomic E-state index is 16.1. The first-order valence-electron chi connectivity index (χ1n) is 37.0. The van der Waals surface area contributed by atoms with E-state index in [1.165, 1.54) is 13.8 Å². The minimum Gasteiger partial charge on any atom is -0.479 e. The molecular weight excluding hydrogens is 1430 g/mol. The third kappa shape index (κ3) is 14.3. The van der Waals surface area contributed by atoms with Crippen LogP contribution in [0.4, 0.5) is 0 Å². The quantitative estimate of drug-likeness (QED) is 0.0262. The third-order valence-corrected chi connectivity index (χ3v) is 26.9. The SMILES string of the molecule is C[C@@H]1O[C@@H](O[C@H]2[C@H](OC(=O)[C@]34CCC(C)(C)C[C@H]3C3=CC[C@@H]5[C@@]6(C)CC[C@H](O[C@@H]7O[C@H](C(=O)O)[C@@H](O)[C@H](O[C@@H]8OC[C@@H](O)[C@H](O)[C@H]8O)[C@H]7O[C@@H]7O[C@H](CO)[C@H](O)[C@H](O)[C@H]7O)[C@@](C)(C=O)[C@@H]6CC[C@@]5(C)[C@]3(C)C[C@H]4O)O[C@H](C)[C@H](O)[C@@H]2O[C@@H]2O[C@H](CO)[C@@H](O)[C@H](O)[C@H]2O)[C@H](O)[C@H](O)[C@H]1O[C@@H]1OC[C@@H](O)[C@H](O)[C@H]1O. The van der Waals surface area contributed by atoms with E-state index >= 15 is 4.79 Å². The fourth-order valence-electron chi connectivity index (χ4n) is 20.2. The fraction of sp³-hybridized carbons (Fsp3) is 0.929. The van der Waals surface area contributed by atoms with Gasteiger partial charge in [0.15, 0.2) is 49.9 Å². The minimum atomic E-state index is -2.24. The molecule has 11 fully saturated rings. The van der Waals surface area contributed by atoms with Crippen LogP contribution in [0.3, 0.4) is 0 Å². The molecule has 612 valence electrons. The molecule has 4 saturated carbocycles. The summed E-state index contributed by atoms with van der Waals surface area (Å²) >= 11 is 0. The minimum absolute atomic E-state index is 0.0144. The van der Waals surface area contributed by atoms with E-state index in [2.05, 4.69) is 26.8 Å². The Morgan fingerprint density at radius 1 is 0.486 bits per heavy atom. The zero-order valence-electron chi connectivity index (χ0n) is 60.7. The van der Waals surface area contributed by atoms with Crippen LogP contribution in [0.5, 0.6) is 0 Å². The zero-order chi connectivity index (χ0) is 78.2. The number of fused-ring (bicyclic) bond motifs is 7. The number of hydrogen-bond acceptors (Lipinski definition) is 36. The number of carboxylic acids is 1. The summed E-state index contributed by atoms with van der Waals surface area (Å²) in [6.45, 7) is 12.0. The van der Waals surface area contributed by atoms with Crippen molar-refractivity contribution in [3.63, 3.8) is 0 Å². The van der Waals surface area contributed by atoms with E-state index in [1.807, 2.05) is 13.8 Å². The van der Waals surface area contributed by atoms with Crippen molar-refractivity contribution in [3.8, 4) is 0 Å². The Labute approximate surface area is 615 Å². The van der Waals surface area contributed by atoms with Crippen molar-refractivity contribution >= 4 is 18.2 Å². The molecule has 37 heteroatoms. The summed E-state index contributed by atoms with van der Waals surface area (Å²) in [5.74, 6) is -4.27. The van der Waals surface area contributed by atoms with Crippen molar-refractivity contribution in [3.05, 3.63) is 11.6 Å². The van der Waals surface area contributed by atoms with E-state index in [-0.39, 0.29) is 25.2 Å². The number of ether oxygens (including phenoxy) is 14. The van der Waals surface area contributed by atoms with Gasteiger partial charge in [-0.25, -0.2) is 4.79 Å². The first-order valence-corrected chi connectivity index (χ1v) is 37.0. The maximum Gasteiger partial charge on any atom is 0.335 e. The van der Waals surface area contributed by atoms with E-state index in [9.17, 15) is 112 Å². The van der Waals surface area contributed by atoms with Gasteiger partial charge in [0, 0.05) is 0 Å². The zero-order valence-corrected chi connectivity index (χ0v) is 60.7. The highest BCUT2D eigenvalue weighted by molar-refractivity contribution is 5.80. The van der Waals surface area contributed by atoms with Crippen molar-refractivity contribution in [2.45, 2.75) is 328 Å². The third-order valence-electron chi connectivity index (χ3n) is 26.9. The number of allylic oxidation sites excluding steroid dienone is 2. The number of aldehydes is 1. The molecule has 0 bridgehead atoms. The van der Waals surface area contributed by atoms with Gasteiger partial charge in [-0.1, -0.05) is 53.2 Å². The van der Waals surface area contributed by atoms with E-state index in [0.717, 1.165) is 11.9 Å². The molecular formula is C70H110O37. The second kappa shape index (κ2) is 31.4. The lowest BCUT2D eigenvalue weighted by molar-refractivity contribution is -0.391. The Kier molecular flexibility index (Phi) is 24.5. The first kappa shape index (κ1) is 83.5. The summed E-state index contributed by atoms with van der Waals surface area (Å²) in [4.78, 5) is 43.4. The van der Waals surface area contributed by atoms with Crippen molar-refractivity contribution in [2.24, 2.45) is 50.2 Å². The number of aliphatic hydroxyl groups excluding tert-OH is 19. The molecule has 7 aliphatic heterocycles. The summed E-state index contributed by atoms with van der Waals surface area (Å²) < 4.78 is 84.8. The molecule has 7 heterocycles. The molecule has 0 aromatic rings. The number of aliphatic carboxylic acids is 1. The number of carboxylic acid groups (broad SMARTS) is 1. The van der Waals surface area contributed by atoms with Crippen LogP contribution in [-0.2, 0) is 80.7 Å². The average Bonchev–Trinajstić information content (AvgIpc) is 0.671. The van der Waals surface area contributed by atoms with E-state index in [1.54, 1.807) is 6.92 Å². The number of carbonyl (C=O) groups is 3. The van der Waals surface area contributed by atoms with E-state index in [0.29, 0.717) is 38.5 Å². The van der Waals surface area contributed by atoms with E-state index in [4.69, 9.17) is 66.3 Å². The molecule has 107 heavy (non-hydrogen) atoms. The van der Waals surface area contributed by atoms with Gasteiger partial charge in [0.25, 0.3) is 0 Å². The van der Waals surface area contributed by atoms with Crippen molar-refractivity contribution in [1.82, 2.24) is 0 Å². The fourth-order valence-corrected chi connectivity index (χ4v) is 20.2. The van der Waals surface area contributed by atoms with Gasteiger partial charge in [-0.05, 0) is 111 Å². The Morgan fingerprint density at radius 2 is 0.981 bits per heavy atom. The topological polar surface area (TPSA) is 585 Å². The molecule has 20 N–H and O–H groups in total. The number of rotatable bonds is 18. The highest BCUT2D eigenvalue weighted by Crippen LogP contribution is 2.76. The standard InChI is InChI=1S/C70H110O37/c1-24-36(77)51(103-60-46(87)41(82)39(80)30(19-71)98-60)54(105-59-48(89)43(84)50(25(2)97-59)101-57-44(85)37(78)28(74)21-94-57)62(96-24)107-64(93)70-16-15-65(3,4)17-27(70)26-9-10-33-66(5)13-12-35(67(6,23-73)32(66)11-14-68(33,7)69(26,8)18-34(70)76)100-63-55(106-61-47(88)42(83)40(81)31(20-72)99-61)52(49(90)53(104-63)56(91)92)102-58-45(86)38(79)29(75)22-95-58/h9,23-25,27-55,57-63,71-72,74-90H,10-22H2,1-8H3,(H,91,92)/t24-,25+,27+,28-,29-,30-,31-,32-,33-,34-,35+,36+,37+,38+,39-,40+,41+,42+,43+,44-,45-,46-,47-,48-,49+,50+,51+,52+,53+,54-,55-,57+,58+,59+,60+,61+,62+,63-,66+,67+,68-,69-,70-/m1/s1. The predicted octanol–water partition coefficient (Wildman–Crippen LogP) is -6.99. The molecule has 0 aromatic heterocycles. The molecule has 43 atom stereocenters. The normalized spacial score (nSPS) is 55.0. The highest BCUT2D eigenvalue weighted by atomic mass is 16.8. The monoisotopic (exact) mass is 1540 g/mol. The molecule has 0 unspecified atom stereocenters. The summed E-state index contributed by atoms with van der Waals surface area (Å²) in [5.41, 5.74) is -5.18. The van der Waals surface area contributed by atoms with Gasteiger partial charge in [-0.15, -0.1) is 0 Å². The molecule has 12 aliphatic rings. The average molecular weight is 1540 g/mol. The molecule has 37 nitrogen and oxygen atoms in total. The summed E-state index contributed by atoms with van der Waals surface area (Å²) in [6, 6.07) is 0. The van der Waals surface area contributed by atoms with Gasteiger partial charge in [0.2, 0.25) is 6.29 Å². The Bertz CT molecular complexity index is 3130. The smallest absolute Gasteiger partial charge is 0.335 e. The van der Waals surface area contributed by atoms with Crippen molar-refractivity contribution in [1.29, 1.82) is 0 Å². The molecule has 12 rings (SSSR count). The maximum atomic E-state index is 16.1. The Morgan fingerprint density at radius 3 is 1.53 bits per heavy atom. The van der Waals surface area contributed by atoms with Crippen molar-refractivity contribution in [2.75, 3.05) is 26.4 Å². The van der Waals surface area contributed by atoms with Gasteiger partial charge in [0.1, 0.15) is 146 Å². The van der Waals surface area contributed by atoms with Crippen LogP contribution in [0.25, 0.3) is 0 Å². The van der Waals surface area contributed by atoms with E-state index < -0.39 is 298 Å². The number of esters is 1. The Hall–Kier alpha value is -2.93. The first-order chi connectivity index (χ1) is 50.2. The van der Waals surface area contributed by atoms with Gasteiger partial charge < -0.3 is 173 Å². The lowest BCUT2D eigenvalue weighted by Crippen LogP contribution is -2.69. The van der Waals surface area contributed by atoms with Crippen LogP contribution in [0.15, 0.2) is 11.6 Å². The van der Waals surface area contributed by atoms with Crippen LogP contribution in [-0.4, -0.2) is 362 Å². The second-order valence-corrected chi connectivity index (χ2v) is 33.6. The number of carbonyl (C=O) groups excluding carboxylic acids is 2. The molecule has 7 saturated heterocycles. The van der Waals surface area contributed by atoms with Gasteiger partial charge in [-0.3, -0.25) is 4.79 Å². The number of hydrogen-bond donors (Lipinski definition) is 20. The summed E-state index contributed by atoms with van der Waals surface area (Å²) in [5, 5.41) is 220. The van der Waals surface area contributed by atoms with Crippen LogP contribution < -0.4 is 0 Å². The second-order valence-electron chi connectivity index (χ2n) is 33.6. The lowest BCUT2D eigenvalue weighted by atomic mass is 9.33. The van der Waals surface area contributed by atoms with Crippen molar-refractivity contribution < 1.29 is 183 Å². The molecule has 0 amide bonds. The Balaban J connectivity index is 0.837. The lowest BCUT2D eigenvalue weighted by Gasteiger charge is -2.71.